The summed E-state index contributed by atoms with van der Waals surface area (Å²) in [6, 6.07) is 9.89. The highest BCUT2D eigenvalue weighted by Crippen LogP contribution is 2.25. The molecular formula is C20H26N2O3. The predicted octanol–water partition coefficient (Wildman–Crippen LogP) is 3.20. The molecule has 5 heteroatoms. The van der Waals surface area contributed by atoms with Gasteiger partial charge in [0.25, 0.3) is 0 Å². The number of hydrogen-bond donors (Lipinski definition) is 1. The van der Waals surface area contributed by atoms with Crippen molar-refractivity contribution in [2.24, 2.45) is 5.92 Å². The van der Waals surface area contributed by atoms with Gasteiger partial charge in [0.15, 0.2) is 11.7 Å². The molecule has 3 rings (SSSR count). The third-order valence-electron chi connectivity index (χ3n) is 4.92. The number of hydrogen-bond acceptors (Lipinski definition) is 4. The second kappa shape index (κ2) is 7.83. The number of aryl methyl sites for hydroxylation is 2. The number of carbonyl (C=O) groups is 1. The number of aliphatic hydroxyl groups excluding tert-OH is 1. The SMILES string of the molecule is Cc1nc(CCC(=O)N2CCCC(C(C)O)C2)oc1-c1ccccc1. The smallest absolute Gasteiger partial charge is 0.223 e. The van der Waals surface area contributed by atoms with Gasteiger partial charge in [-0.25, -0.2) is 4.98 Å². The Morgan fingerprint density at radius 3 is 2.88 bits per heavy atom. The predicted molar refractivity (Wildman–Crippen MR) is 96.0 cm³/mol. The molecule has 1 N–H and O–H groups in total. The Labute approximate surface area is 148 Å². The van der Waals surface area contributed by atoms with Crippen molar-refractivity contribution >= 4 is 5.91 Å². The number of oxazole rings is 1. The van der Waals surface area contributed by atoms with Gasteiger partial charge in [-0.05, 0) is 26.7 Å². The van der Waals surface area contributed by atoms with E-state index in [4.69, 9.17) is 4.42 Å². The number of piperidine rings is 1. The van der Waals surface area contributed by atoms with E-state index in [1.807, 2.05) is 42.2 Å². The van der Waals surface area contributed by atoms with Crippen LogP contribution >= 0.6 is 0 Å². The molecule has 2 unspecified atom stereocenters. The van der Waals surface area contributed by atoms with Gasteiger partial charge in [-0.3, -0.25) is 4.79 Å². The normalized spacial score (nSPS) is 19.0. The number of benzene rings is 1. The van der Waals surface area contributed by atoms with Crippen LogP contribution in [0.4, 0.5) is 0 Å². The van der Waals surface area contributed by atoms with E-state index in [0.717, 1.165) is 36.4 Å². The Hall–Kier alpha value is -2.14. The fourth-order valence-electron chi connectivity index (χ4n) is 3.42. The Balaban J connectivity index is 1.59. The molecule has 1 aromatic carbocycles. The molecule has 1 aliphatic rings. The summed E-state index contributed by atoms with van der Waals surface area (Å²) in [5.74, 6) is 1.68. The van der Waals surface area contributed by atoms with Crippen LogP contribution in [0.5, 0.6) is 0 Å². The van der Waals surface area contributed by atoms with Crippen LogP contribution in [-0.4, -0.2) is 40.1 Å². The van der Waals surface area contributed by atoms with E-state index in [1.165, 1.54) is 0 Å². The van der Waals surface area contributed by atoms with Crippen LogP contribution in [0.15, 0.2) is 34.7 Å². The fraction of sp³-hybridized carbons (Fsp3) is 0.500. The Kier molecular flexibility index (Phi) is 5.53. The highest BCUT2D eigenvalue weighted by Gasteiger charge is 2.26. The maximum atomic E-state index is 12.5. The van der Waals surface area contributed by atoms with Gasteiger partial charge in [0, 0.05) is 37.4 Å². The molecule has 0 aliphatic carbocycles. The molecular weight excluding hydrogens is 316 g/mol. The van der Waals surface area contributed by atoms with Gasteiger partial charge in [-0.2, -0.15) is 0 Å². The first-order valence-electron chi connectivity index (χ1n) is 9.02. The summed E-state index contributed by atoms with van der Waals surface area (Å²) in [5.41, 5.74) is 1.85. The molecule has 0 bridgehead atoms. The van der Waals surface area contributed by atoms with Crippen molar-refractivity contribution in [3.63, 3.8) is 0 Å². The molecule has 2 atom stereocenters. The summed E-state index contributed by atoms with van der Waals surface area (Å²) < 4.78 is 5.88. The lowest BCUT2D eigenvalue weighted by molar-refractivity contribution is -0.133. The summed E-state index contributed by atoms with van der Waals surface area (Å²) in [7, 11) is 0. The van der Waals surface area contributed by atoms with Crippen LogP contribution in [0, 0.1) is 12.8 Å². The summed E-state index contributed by atoms with van der Waals surface area (Å²) in [6.45, 7) is 5.16. The van der Waals surface area contributed by atoms with Crippen LogP contribution in [0.1, 0.15) is 37.8 Å². The van der Waals surface area contributed by atoms with E-state index in [9.17, 15) is 9.90 Å². The lowest BCUT2D eigenvalue weighted by Gasteiger charge is -2.34. The van der Waals surface area contributed by atoms with Crippen LogP contribution in [0.25, 0.3) is 11.3 Å². The highest BCUT2D eigenvalue weighted by molar-refractivity contribution is 5.76. The molecule has 1 saturated heterocycles. The third kappa shape index (κ3) is 4.28. The Morgan fingerprint density at radius 1 is 1.40 bits per heavy atom. The minimum Gasteiger partial charge on any atom is -0.440 e. The standard InChI is InChI=1S/C20H26N2O3/c1-14-20(16-7-4-3-5-8-16)25-18(21-14)10-11-19(24)22-12-6-9-17(13-22)15(2)23/h3-5,7-8,15,17,23H,6,9-13H2,1-2H3. The average molecular weight is 342 g/mol. The maximum absolute atomic E-state index is 12.5. The quantitative estimate of drug-likeness (QED) is 0.906. The largest absolute Gasteiger partial charge is 0.440 e. The molecule has 1 aromatic heterocycles. The average Bonchev–Trinajstić information content (AvgIpc) is 3.01. The zero-order chi connectivity index (χ0) is 17.8. The lowest BCUT2D eigenvalue weighted by Crippen LogP contribution is -2.43. The first kappa shape index (κ1) is 17.7. The molecule has 25 heavy (non-hydrogen) atoms. The van der Waals surface area contributed by atoms with Crippen molar-refractivity contribution in [3.05, 3.63) is 41.9 Å². The molecule has 1 amide bonds. The Bertz CT molecular complexity index is 709. The van der Waals surface area contributed by atoms with Crippen molar-refractivity contribution in [1.29, 1.82) is 0 Å². The molecule has 5 nitrogen and oxygen atoms in total. The number of aromatic nitrogens is 1. The summed E-state index contributed by atoms with van der Waals surface area (Å²) >= 11 is 0. The van der Waals surface area contributed by atoms with Crippen LogP contribution < -0.4 is 0 Å². The zero-order valence-corrected chi connectivity index (χ0v) is 14.9. The zero-order valence-electron chi connectivity index (χ0n) is 14.9. The van der Waals surface area contributed by atoms with Crippen LogP contribution in [0.2, 0.25) is 0 Å². The third-order valence-corrected chi connectivity index (χ3v) is 4.92. The van der Waals surface area contributed by atoms with Gasteiger partial charge in [-0.15, -0.1) is 0 Å². The van der Waals surface area contributed by atoms with E-state index in [-0.39, 0.29) is 17.9 Å². The van der Waals surface area contributed by atoms with Gasteiger partial charge in [0.2, 0.25) is 5.91 Å². The van der Waals surface area contributed by atoms with Crippen LogP contribution in [-0.2, 0) is 11.2 Å². The van der Waals surface area contributed by atoms with Crippen molar-refractivity contribution in [1.82, 2.24) is 9.88 Å². The number of aliphatic hydroxyl groups is 1. The fourth-order valence-corrected chi connectivity index (χ4v) is 3.42. The molecule has 134 valence electrons. The number of likely N-dealkylation sites (tertiary alicyclic amines) is 1. The highest BCUT2D eigenvalue weighted by atomic mass is 16.4. The number of carbonyl (C=O) groups excluding carboxylic acids is 1. The summed E-state index contributed by atoms with van der Waals surface area (Å²) in [5, 5.41) is 9.76. The van der Waals surface area contributed by atoms with E-state index in [1.54, 1.807) is 6.92 Å². The molecule has 2 aromatic rings. The molecule has 0 saturated carbocycles. The molecule has 2 heterocycles. The molecule has 1 fully saturated rings. The molecule has 1 aliphatic heterocycles. The number of nitrogens with zero attached hydrogens (tertiary/aromatic N) is 2. The number of amides is 1. The van der Waals surface area contributed by atoms with Gasteiger partial charge < -0.3 is 14.4 Å². The maximum Gasteiger partial charge on any atom is 0.223 e. The van der Waals surface area contributed by atoms with E-state index >= 15 is 0 Å². The monoisotopic (exact) mass is 342 g/mol. The summed E-state index contributed by atoms with van der Waals surface area (Å²) in [6.07, 6.45) is 2.47. The van der Waals surface area contributed by atoms with Gasteiger partial charge in [0.1, 0.15) is 0 Å². The topological polar surface area (TPSA) is 66.6 Å². The van der Waals surface area contributed by atoms with E-state index in [0.29, 0.717) is 25.3 Å². The van der Waals surface area contributed by atoms with Gasteiger partial charge in [-0.1, -0.05) is 30.3 Å². The van der Waals surface area contributed by atoms with E-state index < -0.39 is 0 Å². The minimum absolute atomic E-state index is 0.113. The Morgan fingerprint density at radius 2 is 2.16 bits per heavy atom. The minimum atomic E-state index is -0.363. The molecule has 0 radical (unpaired) electrons. The van der Waals surface area contributed by atoms with Crippen molar-refractivity contribution < 1.29 is 14.3 Å². The first-order chi connectivity index (χ1) is 12.0. The van der Waals surface area contributed by atoms with Gasteiger partial charge in [0.05, 0.1) is 11.8 Å². The first-order valence-corrected chi connectivity index (χ1v) is 9.02. The summed E-state index contributed by atoms with van der Waals surface area (Å²) in [4.78, 5) is 18.8. The van der Waals surface area contributed by atoms with Crippen molar-refractivity contribution in [3.8, 4) is 11.3 Å². The van der Waals surface area contributed by atoms with Crippen molar-refractivity contribution in [2.45, 2.75) is 45.6 Å². The van der Waals surface area contributed by atoms with Gasteiger partial charge >= 0.3 is 0 Å². The second-order valence-electron chi connectivity index (χ2n) is 6.87. The van der Waals surface area contributed by atoms with Crippen LogP contribution in [0.3, 0.4) is 0 Å². The van der Waals surface area contributed by atoms with Crippen molar-refractivity contribution in [2.75, 3.05) is 13.1 Å². The van der Waals surface area contributed by atoms with E-state index in [2.05, 4.69) is 4.98 Å². The lowest BCUT2D eigenvalue weighted by atomic mass is 9.93. The second-order valence-corrected chi connectivity index (χ2v) is 6.87. The molecule has 0 spiro atoms. The number of rotatable bonds is 5.